The molecule has 3 aliphatic carbocycles. The Balaban J connectivity index is 0.899. The van der Waals surface area contributed by atoms with Gasteiger partial charge in [-0.25, -0.2) is 0 Å². The Labute approximate surface area is 423 Å². The zero-order valence-corrected chi connectivity index (χ0v) is 43.5. The standard InChI is InChI=1S/C69H70N2/c1-9-10-11-20-35-67(6)44-70(48-23-14-12-15-24-48)62-33-31-47(40-59(62)67)53-42-61-64(52-28-19-18-27-50(52)53)55-41-54-51-32-29-45(38-56(51)65(2,3)57(54)43-58(55)66(61,4)5)46-30-34-63-60(39-46)68(7)36-21-22-37-69(68,8)71(63)49-25-16-13-17-26-49/h12-19,23-34,38-43H,9-11,20-22,35-37,44H2,1-8H3. The van der Waals surface area contributed by atoms with Crippen molar-refractivity contribution in [1.29, 1.82) is 0 Å². The van der Waals surface area contributed by atoms with Gasteiger partial charge >= 0.3 is 0 Å². The average molecular weight is 927 g/mol. The van der Waals surface area contributed by atoms with E-state index in [2.05, 4.69) is 223 Å². The van der Waals surface area contributed by atoms with Crippen molar-refractivity contribution >= 4 is 33.5 Å². The van der Waals surface area contributed by atoms with Crippen LogP contribution in [0, 0.1) is 0 Å². The molecule has 3 unspecified atom stereocenters. The van der Waals surface area contributed by atoms with Crippen LogP contribution in [0.2, 0.25) is 0 Å². The fourth-order valence-corrected chi connectivity index (χ4v) is 15.1. The largest absolute Gasteiger partial charge is 0.340 e. The Morgan fingerprint density at radius 2 is 1.04 bits per heavy atom. The first kappa shape index (κ1) is 44.6. The molecule has 0 saturated heterocycles. The van der Waals surface area contributed by atoms with E-state index >= 15 is 0 Å². The number of unbranched alkanes of at least 4 members (excludes halogenated alkanes) is 3. The molecule has 2 heterocycles. The summed E-state index contributed by atoms with van der Waals surface area (Å²) in [6.07, 6.45) is 11.3. The number of nitrogens with zero attached hydrogens (tertiary/aromatic N) is 2. The van der Waals surface area contributed by atoms with Crippen molar-refractivity contribution in [2.75, 3.05) is 16.3 Å². The second-order valence-corrected chi connectivity index (χ2v) is 24.1. The predicted octanol–water partition coefficient (Wildman–Crippen LogP) is 18.9. The normalized spacial score (nSPS) is 22.7. The van der Waals surface area contributed by atoms with Crippen molar-refractivity contribution in [3.63, 3.8) is 0 Å². The maximum atomic E-state index is 2.69. The van der Waals surface area contributed by atoms with Crippen molar-refractivity contribution in [2.45, 2.75) is 140 Å². The molecule has 1 saturated carbocycles. The highest BCUT2D eigenvalue weighted by atomic mass is 15.3. The molecular formula is C69H70N2. The highest BCUT2D eigenvalue weighted by molar-refractivity contribution is 6.10. The summed E-state index contributed by atoms with van der Waals surface area (Å²) in [6, 6.07) is 61.5. The summed E-state index contributed by atoms with van der Waals surface area (Å²) >= 11 is 0. The summed E-state index contributed by atoms with van der Waals surface area (Å²) in [7, 11) is 0. The Morgan fingerprint density at radius 3 is 1.80 bits per heavy atom. The highest BCUT2D eigenvalue weighted by Gasteiger charge is 2.57. The molecule has 2 nitrogen and oxygen atoms in total. The lowest BCUT2D eigenvalue weighted by Gasteiger charge is -2.50. The van der Waals surface area contributed by atoms with Gasteiger partial charge in [0.2, 0.25) is 0 Å². The van der Waals surface area contributed by atoms with Crippen LogP contribution in [0.3, 0.4) is 0 Å². The highest BCUT2D eigenvalue weighted by Crippen LogP contribution is 2.63. The van der Waals surface area contributed by atoms with E-state index in [0.29, 0.717) is 0 Å². The number of anilines is 4. The maximum Gasteiger partial charge on any atom is 0.0517 e. The first-order chi connectivity index (χ1) is 34.3. The minimum Gasteiger partial charge on any atom is -0.340 e. The van der Waals surface area contributed by atoms with Crippen molar-refractivity contribution in [3.8, 4) is 44.5 Å². The van der Waals surface area contributed by atoms with Crippen LogP contribution in [0.4, 0.5) is 22.7 Å². The fourth-order valence-electron chi connectivity index (χ4n) is 15.1. The lowest BCUT2D eigenvalue weighted by molar-refractivity contribution is 0.195. The van der Waals surface area contributed by atoms with E-state index in [1.807, 2.05) is 0 Å². The molecule has 71 heavy (non-hydrogen) atoms. The quantitative estimate of drug-likeness (QED) is 0.133. The lowest BCUT2D eigenvalue weighted by atomic mass is 9.61. The van der Waals surface area contributed by atoms with Gasteiger partial charge in [-0.3, -0.25) is 0 Å². The van der Waals surface area contributed by atoms with Gasteiger partial charge in [-0.15, -0.1) is 0 Å². The van der Waals surface area contributed by atoms with Crippen LogP contribution in [0.5, 0.6) is 0 Å². The minimum atomic E-state index is -0.176. The van der Waals surface area contributed by atoms with Gasteiger partial charge in [0.05, 0.1) is 5.54 Å². The van der Waals surface area contributed by atoms with Gasteiger partial charge in [-0.2, -0.15) is 0 Å². The van der Waals surface area contributed by atoms with Crippen LogP contribution in [-0.2, 0) is 21.7 Å². The Kier molecular flexibility index (Phi) is 9.92. The Bertz CT molecular complexity index is 3450. The van der Waals surface area contributed by atoms with Crippen LogP contribution < -0.4 is 9.80 Å². The first-order valence-corrected chi connectivity index (χ1v) is 27.2. The molecule has 0 spiro atoms. The molecule has 0 amide bonds. The zero-order valence-electron chi connectivity index (χ0n) is 43.5. The molecule has 3 atom stereocenters. The summed E-state index contributed by atoms with van der Waals surface area (Å²) in [5.41, 5.74) is 24.9. The molecular weight excluding hydrogens is 857 g/mol. The molecule has 356 valence electrons. The second kappa shape index (κ2) is 15.8. The van der Waals surface area contributed by atoms with Crippen LogP contribution >= 0.6 is 0 Å². The molecule has 1 fully saturated rings. The first-order valence-electron chi connectivity index (χ1n) is 27.2. The number of para-hydroxylation sites is 2. The number of hydrogen-bond donors (Lipinski definition) is 0. The average Bonchev–Trinajstić information content (AvgIpc) is 3.97. The van der Waals surface area contributed by atoms with Crippen LogP contribution in [0.1, 0.15) is 147 Å². The second-order valence-electron chi connectivity index (χ2n) is 24.1. The summed E-state index contributed by atoms with van der Waals surface area (Å²) in [5, 5.41) is 2.70. The van der Waals surface area contributed by atoms with E-state index in [1.165, 1.54) is 169 Å². The Hall–Kier alpha value is -6.38. The number of fused-ring (bicyclic) bond motifs is 12. The fraction of sp³-hybridized carbons (Fsp3) is 0.333. The van der Waals surface area contributed by atoms with Gasteiger partial charge in [-0.1, -0.05) is 178 Å². The predicted molar refractivity (Wildman–Crippen MR) is 302 cm³/mol. The molecule has 0 aromatic heterocycles. The van der Waals surface area contributed by atoms with E-state index in [4.69, 9.17) is 0 Å². The van der Waals surface area contributed by atoms with Gasteiger partial charge in [0.1, 0.15) is 0 Å². The van der Waals surface area contributed by atoms with E-state index in [0.717, 1.165) is 6.54 Å². The van der Waals surface area contributed by atoms with Crippen molar-refractivity contribution in [1.82, 2.24) is 0 Å². The third kappa shape index (κ3) is 6.31. The SMILES string of the molecule is CCCCCCC1(C)CN(c2ccccc2)c2ccc(-c3cc4c(c5ccccc35)-c3cc5c(cc3C4(C)C)C(C)(C)c3cc(-c4ccc6c(c4)C4(C)CCCCC4(C)N6c4ccccc4)ccc3-5)cc21. The third-order valence-electron chi connectivity index (χ3n) is 19.3. The van der Waals surface area contributed by atoms with E-state index in [9.17, 15) is 0 Å². The van der Waals surface area contributed by atoms with Gasteiger partial charge in [0.25, 0.3) is 0 Å². The maximum absolute atomic E-state index is 2.69. The molecule has 8 aromatic carbocycles. The zero-order chi connectivity index (χ0) is 48.7. The third-order valence-corrected chi connectivity index (χ3v) is 19.3. The summed E-state index contributed by atoms with van der Waals surface area (Å²) in [4.78, 5) is 5.27. The van der Waals surface area contributed by atoms with E-state index < -0.39 is 0 Å². The number of hydrogen-bond acceptors (Lipinski definition) is 2. The molecule has 13 rings (SSSR count). The van der Waals surface area contributed by atoms with Crippen LogP contribution in [-0.4, -0.2) is 12.1 Å². The van der Waals surface area contributed by atoms with Gasteiger partial charge in [-0.05, 0) is 182 Å². The van der Waals surface area contributed by atoms with E-state index in [-0.39, 0.29) is 27.2 Å². The molecule has 2 aliphatic heterocycles. The van der Waals surface area contributed by atoms with Gasteiger partial charge in [0, 0.05) is 51.0 Å². The Morgan fingerprint density at radius 1 is 0.437 bits per heavy atom. The molecule has 0 bridgehead atoms. The summed E-state index contributed by atoms with van der Waals surface area (Å²) in [6.45, 7) is 20.8. The summed E-state index contributed by atoms with van der Waals surface area (Å²) < 4.78 is 0. The smallest absolute Gasteiger partial charge is 0.0517 e. The molecule has 2 heteroatoms. The number of benzene rings is 8. The molecule has 8 aromatic rings. The molecule has 0 radical (unpaired) electrons. The molecule has 5 aliphatic rings. The van der Waals surface area contributed by atoms with Crippen LogP contribution in [0.25, 0.3) is 55.3 Å². The van der Waals surface area contributed by atoms with Gasteiger partial charge in [0.15, 0.2) is 0 Å². The van der Waals surface area contributed by atoms with Crippen LogP contribution in [0.15, 0.2) is 158 Å². The van der Waals surface area contributed by atoms with Crippen molar-refractivity contribution < 1.29 is 0 Å². The van der Waals surface area contributed by atoms with Crippen molar-refractivity contribution in [2.24, 2.45) is 0 Å². The summed E-state index contributed by atoms with van der Waals surface area (Å²) in [5.74, 6) is 0. The topological polar surface area (TPSA) is 6.48 Å². The van der Waals surface area contributed by atoms with Gasteiger partial charge < -0.3 is 9.80 Å². The van der Waals surface area contributed by atoms with E-state index in [1.54, 1.807) is 0 Å². The minimum absolute atomic E-state index is 0.0387. The molecule has 0 N–H and O–H groups in total. The lowest BCUT2D eigenvalue weighted by Crippen LogP contribution is -2.54. The monoisotopic (exact) mass is 927 g/mol. The number of rotatable bonds is 9. The van der Waals surface area contributed by atoms with Crippen molar-refractivity contribution in [3.05, 3.63) is 191 Å².